The van der Waals surface area contributed by atoms with Gasteiger partial charge < -0.3 is 0 Å². The molecule has 0 spiro atoms. The molecule has 0 saturated heterocycles. The van der Waals surface area contributed by atoms with E-state index >= 15 is 0 Å². The first kappa shape index (κ1) is 17.5. The Kier molecular flexibility index (Phi) is 4.55. The van der Waals surface area contributed by atoms with Crippen molar-refractivity contribution in [3.05, 3.63) is 101 Å². The second kappa shape index (κ2) is 7.02. The molecule has 134 valence electrons. The zero-order valence-electron chi connectivity index (χ0n) is 13.7. The van der Waals surface area contributed by atoms with Crippen molar-refractivity contribution >= 4 is 34.0 Å². The van der Waals surface area contributed by atoms with Crippen LogP contribution in [0.25, 0.3) is 11.0 Å². The molecule has 4 rings (SSSR count). The van der Waals surface area contributed by atoms with E-state index in [4.69, 9.17) is 11.6 Å². The molecule has 0 unspecified atom stereocenters. The van der Waals surface area contributed by atoms with Crippen LogP contribution in [0.15, 0.2) is 58.1 Å². The van der Waals surface area contributed by atoms with Gasteiger partial charge in [-0.3, -0.25) is 9.59 Å². The van der Waals surface area contributed by atoms with Gasteiger partial charge in [-0.05, 0) is 41.5 Å². The van der Waals surface area contributed by atoms with Crippen molar-refractivity contribution in [3.8, 4) is 0 Å². The topological polar surface area (TPSA) is 64.3 Å². The Hall–Kier alpha value is -2.90. The van der Waals surface area contributed by atoms with Gasteiger partial charge in [-0.1, -0.05) is 47.2 Å². The van der Waals surface area contributed by atoms with Crippen LogP contribution in [0.3, 0.4) is 0 Å². The van der Waals surface area contributed by atoms with E-state index in [0.717, 1.165) is 21.4 Å². The second-order valence-electron chi connectivity index (χ2n) is 5.83. The Morgan fingerprint density at radius 2 is 1.93 bits per heavy atom. The predicted molar refractivity (Wildman–Crippen MR) is 103 cm³/mol. The SMILES string of the molecule is O=c1nc2s/c(=C\c3cccc(Cl)c3)c(=O)n2nc1Cc1ccc(F)cc1. The van der Waals surface area contributed by atoms with Gasteiger partial charge in [-0.25, -0.2) is 4.39 Å². The van der Waals surface area contributed by atoms with E-state index in [9.17, 15) is 14.0 Å². The summed E-state index contributed by atoms with van der Waals surface area (Å²) in [4.78, 5) is 29.1. The number of hydrogen-bond donors (Lipinski definition) is 0. The molecule has 2 aromatic carbocycles. The number of nitrogens with zero attached hydrogens (tertiary/aromatic N) is 3. The lowest BCUT2D eigenvalue weighted by atomic mass is 10.1. The molecule has 0 aliphatic rings. The van der Waals surface area contributed by atoms with Crippen molar-refractivity contribution in [2.75, 3.05) is 0 Å². The maximum atomic E-state index is 13.0. The number of thiazole rings is 1. The summed E-state index contributed by atoms with van der Waals surface area (Å²) in [6, 6.07) is 12.8. The molecular weight excluding hydrogens is 389 g/mol. The van der Waals surface area contributed by atoms with E-state index in [2.05, 4.69) is 10.1 Å². The molecule has 0 N–H and O–H groups in total. The molecule has 0 fully saturated rings. The number of rotatable bonds is 3. The highest BCUT2D eigenvalue weighted by molar-refractivity contribution is 7.15. The zero-order valence-corrected chi connectivity index (χ0v) is 15.3. The Balaban J connectivity index is 1.80. The van der Waals surface area contributed by atoms with Crippen molar-refractivity contribution < 1.29 is 4.39 Å². The van der Waals surface area contributed by atoms with Crippen LogP contribution in [0.4, 0.5) is 4.39 Å². The molecular formula is C19H11ClFN3O2S. The highest BCUT2D eigenvalue weighted by Gasteiger charge is 2.12. The highest BCUT2D eigenvalue weighted by atomic mass is 35.5. The fourth-order valence-electron chi connectivity index (χ4n) is 2.60. The van der Waals surface area contributed by atoms with Crippen LogP contribution in [0.5, 0.6) is 0 Å². The van der Waals surface area contributed by atoms with Crippen molar-refractivity contribution in [1.29, 1.82) is 0 Å². The van der Waals surface area contributed by atoms with Gasteiger partial charge in [0.2, 0.25) is 4.96 Å². The van der Waals surface area contributed by atoms with Crippen LogP contribution < -0.4 is 15.7 Å². The summed E-state index contributed by atoms with van der Waals surface area (Å²) in [6.45, 7) is 0. The normalized spacial score (nSPS) is 12.0. The molecule has 0 aliphatic carbocycles. The monoisotopic (exact) mass is 399 g/mol. The summed E-state index contributed by atoms with van der Waals surface area (Å²) in [6.07, 6.45) is 1.84. The van der Waals surface area contributed by atoms with E-state index in [1.165, 1.54) is 12.1 Å². The lowest BCUT2D eigenvalue weighted by Crippen LogP contribution is -2.28. The number of fused-ring (bicyclic) bond motifs is 1. The number of aromatic nitrogens is 3. The van der Waals surface area contributed by atoms with Crippen LogP contribution in [-0.2, 0) is 6.42 Å². The van der Waals surface area contributed by atoms with E-state index < -0.39 is 5.56 Å². The lowest BCUT2D eigenvalue weighted by Gasteiger charge is -2.00. The van der Waals surface area contributed by atoms with Crippen LogP contribution in [0.1, 0.15) is 16.8 Å². The number of benzene rings is 2. The van der Waals surface area contributed by atoms with Gasteiger partial charge in [0.15, 0.2) is 0 Å². The summed E-state index contributed by atoms with van der Waals surface area (Å²) in [5.74, 6) is -0.363. The minimum absolute atomic E-state index is 0.128. The molecule has 0 aliphatic heterocycles. The molecule has 2 aromatic heterocycles. The summed E-state index contributed by atoms with van der Waals surface area (Å²) in [5, 5.41) is 4.73. The van der Waals surface area contributed by atoms with Gasteiger partial charge in [0.05, 0.1) is 4.53 Å². The Labute approximate surface area is 161 Å². The Morgan fingerprint density at radius 1 is 1.15 bits per heavy atom. The van der Waals surface area contributed by atoms with Crippen molar-refractivity contribution in [1.82, 2.24) is 14.6 Å². The molecule has 0 amide bonds. The minimum atomic E-state index is -0.505. The minimum Gasteiger partial charge on any atom is -0.266 e. The van der Waals surface area contributed by atoms with Gasteiger partial charge in [0.25, 0.3) is 11.1 Å². The molecule has 0 radical (unpaired) electrons. The average Bonchev–Trinajstić information content (AvgIpc) is 2.92. The third kappa shape index (κ3) is 3.65. The van der Waals surface area contributed by atoms with E-state index in [0.29, 0.717) is 15.1 Å². The van der Waals surface area contributed by atoms with Gasteiger partial charge in [0, 0.05) is 11.4 Å². The van der Waals surface area contributed by atoms with Crippen LogP contribution in [0.2, 0.25) is 5.02 Å². The predicted octanol–water partition coefficient (Wildman–Crippen LogP) is 2.44. The molecule has 0 atom stereocenters. The van der Waals surface area contributed by atoms with E-state index in [-0.39, 0.29) is 28.5 Å². The van der Waals surface area contributed by atoms with Gasteiger partial charge in [-0.15, -0.1) is 0 Å². The van der Waals surface area contributed by atoms with Crippen molar-refractivity contribution in [2.24, 2.45) is 0 Å². The van der Waals surface area contributed by atoms with Crippen molar-refractivity contribution in [3.63, 3.8) is 0 Å². The Bertz CT molecular complexity index is 1320. The maximum Gasteiger partial charge on any atom is 0.296 e. The van der Waals surface area contributed by atoms with Crippen LogP contribution in [-0.4, -0.2) is 14.6 Å². The van der Waals surface area contributed by atoms with E-state index in [1.54, 1.807) is 36.4 Å². The maximum absolute atomic E-state index is 13.0. The molecule has 27 heavy (non-hydrogen) atoms. The third-order valence-corrected chi connectivity index (χ3v) is 5.08. The summed E-state index contributed by atoms with van der Waals surface area (Å²) in [5.41, 5.74) is 0.734. The number of hydrogen-bond acceptors (Lipinski definition) is 5. The lowest BCUT2D eigenvalue weighted by molar-refractivity contribution is 0.627. The van der Waals surface area contributed by atoms with E-state index in [1.807, 2.05) is 6.07 Å². The molecule has 8 heteroatoms. The zero-order chi connectivity index (χ0) is 19.0. The molecule has 4 aromatic rings. The highest BCUT2D eigenvalue weighted by Crippen LogP contribution is 2.11. The third-order valence-electron chi connectivity index (χ3n) is 3.88. The molecule has 0 saturated carbocycles. The fourth-order valence-corrected chi connectivity index (χ4v) is 3.70. The Morgan fingerprint density at radius 3 is 2.67 bits per heavy atom. The van der Waals surface area contributed by atoms with Crippen molar-refractivity contribution in [2.45, 2.75) is 6.42 Å². The standard InChI is InChI=1S/C19H11ClFN3O2S/c20-13-3-1-2-12(8-13)10-16-18(26)24-19(27-16)22-17(25)15(23-24)9-11-4-6-14(21)7-5-11/h1-8,10H,9H2/b16-10-. The van der Waals surface area contributed by atoms with Gasteiger partial charge in [0.1, 0.15) is 11.5 Å². The molecule has 2 heterocycles. The number of halogens is 2. The first-order valence-corrected chi connectivity index (χ1v) is 9.13. The average molecular weight is 400 g/mol. The second-order valence-corrected chi connectivity index (χ2v) is 7.28. The smallest absolute Gasteiger partial charge is 0.266 e. The van der Waals surface area contributed by atoms with Crippen LogP contribution >= 0.6 is 22.9 Å². The largest absolute Gasteiger partial charge is 0.296 e. The molecule has 5 nitrogen and oxygen atoms in total. The molecule has 0 bridgehead atoms. The summed E-state index contributed by atoms with van der Waals surface area (Å²) < 4.78 is 14.6. The summed E-state index contributed by atoms with van der Waals surface area (Å²) in [7, 11) is 0. The quantitative estimate of drug-likeness (QED) is 0.531. The first-order valence-electron chi connectivity index (χ1n) is 7.94. The van der Waals surface area contributed by atoms with Gasteiger partial charge in [-0.2, -0.15) is 14.6 Å². The summed E-state index contributed by atoms with van der Waals surface area (Å²) >= 11 is 7.05. The van der Waals surface area contributed by atoms with Crippen LogP contribution in [0, 0.1) is 5.82 Å². The van der Waals surface area contributed by atoms with Gasteiger partial charge >= 0.3 is 0 Å². The first-order chi connectivity index (χ1) is 13.0. The fraction of sp³-hybridized carbons (Fsp3) is 0.0526.